The second kappa shape index (κ2) is 6.03. The second-order valence-corrected chi connectivity index (χ2v) is 6.57. The summed E-state index contributed by atoms with van der Waals surface area (Å²) in [6.45, 7) is 5.78. The van der Waals surface area contributed by atoms with Gasteiger partial charge in [-0.2, -0.15) is 10.2 Å². The molecule has 1 saturated heterocycles. The summed E-state index contributed by atoms with van der Waals surface area (Å²) in [7, 11) is 1.99. The van der Waals surface area contributed by atoms with Gasteiger partial charge in [-0.1, -0.05) is 12.1 Å². The van der Waals surface area contributed by atoms with Gasteiger partial charge in [0.2, 0.25) is 0 Å². The zero-order chi connectivity index (χ0) is 16.7. The molecule has 2 atom stereocenters. The van der Waals surface area contributed by atoms with E-state index in [0.29, 0.717) is 6.04 Å². The summed E-state index contributed by atoms with van der Waals surface area (Å²) in [5.41, 5.74) is 5.80. The lowest BCUT2D eigenvalue weighted by Gasteiger charge is -2.21. The van der Waals surface area contributed by atoms with Gasteiger partial charge in [0, 0.05) is 42.9 Å². The van der Waals surface area contributed by atoms with Crippen molar-refractivity contribution in [1.82, 2.24) is 25.3 Å². The van der Waals surface area contributed by atoms with Crippen molar-refractivity contribution in [2.75, 3.05) is 6.61 Å². The van der Waals surface area contributed by atoms with Crippen molar-refractivity contribution in [3.8, 4) is 0 Å². The first-order valence-corrected chi connectivity index (χ1v) is 8.40. The molecule has 1 aliphatic heterocycles. The van der Waals surface area contributed by atoms with Crippen LogP contribution < -0.4 is 5.32 Å². The fourth-order valence-electron chi connectivity index (χ4n) is 3.63. The van der Waals surface area contributed by atoms with Crippen LogP contribution in [-0.4, -0.2) is 32.6 Å². The first-order valence-electron chi connectivity index (χ1n) is 8.40. The average Bonchev–Trinajstić information content (AvgIpc) is 3.25. The molecule has 0 bridgehead atoms. The van der Waals surface area contributed by atoms with E-state index in [1.54, 1.807) is 0 Å². The summed E-state index contributed by atoms with van der Waals surface area (Å²) >= 11 is 0. The summed E-state index contributed by atoms with van der Waals surface area (Å²) in [4.78, 5) is 0. The number of aromatic amines is 1. The molecule has 3 aromatic rings. The number of hydrogen-bond acceptors (Lipinski definition) is 4. The number of H-pyrrole nitrogens is 1. The van der Waals surface area contributed by atoms with Crippen LogP contribution in [0.5, 0.6) is 0 Å². The van der Waals surface area contributed by atoms with Crippen molar-refractivity contribution in [2.45, 2.75) is 39.0 Å². The highest BCUT2D eigenvalue weighted by molar-refractivity contribution is 5.78. The Morgan fingerprint density at radius 1 is 1.38 bits per heavy atom. The highest BCUT2D eigenvalue weighted by atomic mass is 16.5. The highest BCUT2D eigenvalue weighted by Gasteiger charge is 2.33. The maximum atomic E-state index is 6.04. The Morgan fingerprint density at radius 2 is 2.25 bits per heavy atom. The van der Waals surface area contributed by atoms with Gasteiger partial charge in [-0.25, -0.2) is 0 Å². The topological polar surface area (TPSA) is 67.8 Å². The Kier molecular flexibility index (Phi) is 3.86. The molecule has 0 unspecified atom stereocenters. The lowest BCUT2D eigenvalue weighted by molar-refractivity contribution is 0.0974. The number of aryl methyl sites for hydroxylation is 2. The molecule has 1 aromatic carbocycles. The molecule has 6 heteroatoms. The predicted octanol–water partition coefficient (Wildman–Crippen LogP) is 2.53. The lowest BCUT2D eigenvalue weighted by atomic mass is 10.00. The minimum absolute atomic E-state index is 0.0783. The van der Waals surface area contributed by atoms with E-state index in [4.69, 9.17) is 4.74 Å². The van der Waals surface area contributed by atoms with E-state index in [2.05, 4.69) is 52.7 Å². The standard InChI is InChI=1S/C18H23N5O/c1-11-17(12(2)23(3)22-11)18-15(6-7-24-18)19-9-13-4-5-14-10-20-21-16(14)8-13/h4-5,8,10,15,18-19H,6-7,9H2,1-3H3,(H,20,21)/t15-,18-/m0/s1. The molecule has 2 aromatic heterocycles. The van der Waals surface area contributed by atoms with Crippen molar-refractivity contribution >= 4 is 10.9 Å². The first kappa shape index (κ1) is 15.4. The number of rotatable bonds is 4. The summed E-state index contributed by atoms with van der Waals surface area (Å²) in [6, 6.07) is 6.72. The molecular weight excluding hydrogens is 302 g/mol. The van der Waals surface area contributed by atoms with Crippen LogP contribution in [0.25, 0.3) is 10.9 Å². The summed E-state index contributed by atoms with van der Waals surface area (Å²) in [6.07, 6.45) is 2.95. The Hall–Kier alpha value is -2.18. The Balaban J connectivity index is 1.51. The monoisotopic (exact) mass is 325 g/mol. The number of hydrogen-bond donors (Lipinski definition) is 2. The highest BCUT2D eigenvalue weighted by Crippen LogP contribution is 2.33. The van der Waals surface area contributed by atoms with Crippen molar-refractivity contribution in [2.24, 2.45) is 7.05 Å². The zero-order valence-corrected chi connectivity index (χ0v) is 14.3. The van der Waals surface area contributed by atoms with E-state index in [1.165, 1.54) is 16.8 Å². The second-order valence-electron chi connectivity index (χ2n) is 6.57. The fourth-order valence-corrected chi connectivity index (χ4v) is 3.63. The summed E-state index contributed by atoms with van der Waals surface area (Å²) in [5.74, 6) is 0. The van der Waals surface area contributed by atoms with Crippen molar-refractivity contribution in [3.63, 3.8) is 0 Å². The van der Waals surface area contributed by atoms with E-state index < -0.39 is 0 Å². The molecule has 0 spiro atoms. The maximum absolute atomic E-state index is 6.04. The molecule has 126 valence electrons. The van der Waals surface area contributed by atoms with E-state index in [1.807, 2.05) is 17.9 Å². The third-order valence-corrected chi connectivity index (χ3v) is 5.02. The first-order chi connectivity index (χ1) is 11.6. The molecule has 1 fully saturated rings. The van der Waals surface area contributed by atoms with Gasteiger partial charge >= 0.3 is 0 Å². The van der Waals surface area contributed by atoms with Crippen LogP contribution in [0.4, 0.5) is 0 Å². The quantitative estimate of drug-likeness (QED) is 0.773. The number of fused-ring (bicyclic) bond motifs is 1. The van der Waals surface area contributed by atoms with Gasteiger partial charge in [0.05, 0.1) is 17.4 Å². The number of nitrogens with zero attached hydrogens (tertiary/aromatic N) is 3. The Bertz CT molecular complexity index is 866. The predicted molar refractivity (Wildman–Crippen MR) is 92.7 cm³/mol. The normalized spacial score (nSPS) is 21.0. The molecule has 0 radical (unpaired) electrons. The van der Waals surface area contributed by atoms with E-state index in [9.17, 15) is 0 Å². The van der Waals surface area contributed by atoms with Gasteiger partial charge < -0.3 is 10.1 Å². The van der Waals surface area contributed by atoms with E-state index >= 15 is 0 Å². The van der Waals surface area contributed by atoms with Gasteiger partial charge in [0.15, 0.2) is 0 Å². The molecule has 24 heavy (non-hydrogen) atoms. The van der Waals surface area contributed by atoms with Crippen LogP contribution in [-0.2, 0) is 18.3 Å². The third-order valence-electron chi connectivity index (χ3n) is 5.02. The largest absolute Gasteiger partial charge is 0.372 e. The minimum Gasteiger partial charge on any atom is -0.372 e. The minimum atomic E-state index is 0.0783. The van der Waals surface area contributed by atoms with Crippen molar-refractivity contribution in [3.05, 3.63) is 46.9 Å². The van der Waals surface area contributed by atoms with Gasteiger partial charge in [-0.3, -0.25) is 9.78 Å². The zero-order valence-electron chi connectivity index (χ0n) is 14.3. The molecule has 0 aliphatic carbocycles. The molecule has 6 nitrogen and oxygen atoms in total. The van der Waals surface area contributed by atoms with Gasteiger partial charge in [0.1, 0.15) is 6.10 Å². The summed E-state index contributed by atoms with van der Waals surface area (Å²) in [5, 5.41) is 16.5. The van der Waals surface area contributed by atoms with Gasteiger partial charge in [0.25, 0.3) is 0 Å². The maximum Gasteiger partial charge on any atom is 0.101 e. The Morgan fingerprint density at radius 3 is 3.04 bits per heavy atom. The fraction of sp³-hybridized carbons (Fsp3) is 0.444. The molecule has 4 rings (SSSR count). The molecular formula is C18H23N5O. The van der Waals surface area contributed by atoms with E-state index in [0.717, 1.165) is 36.2 Å². The number of aromatic nitrogens is 4. The van der Waals surface area contributed by atoms with Crippen LogP contribution in [0.2, 0.25) is 0 Å². The van der Waals surface area contributed by atoms with Crippen LogP contribution in [0.3, 0.4) is 0 Å². The SMILES string of the molecule is Cc1nn(C)c(C)c1[C@H]1OCC[C@@H]1NCc1ccc2cn[nH]c2c1. The molecule has 1 aliphatic rings. The number of benzene rings is 1. The lowest BCUT2D eigenvalue weighted by Crippen LogP contribution is -2.31. The number of ether oxygens (including phenoxy) is 1. The smallest absolute Gasteiger partial charge is 0.101 e. The number of nitrogens with one attached hydrogen (secondary N) is 2. The van der Waals surface area contributed by atoms with Crippen molar-refractivity contribution < 1.29 is 4.74 Å². The Labute approximate surface area is 141 Å². The molecule has 3 heterocycles. The third kappa shape index (κ3) is 2.61. The van der Waals surface area contributed by atoms with Crippen molar-refractivity contribution in [1.29, 1.82) is 0 Å². The molecule has 0 amide bonds. The van der Waals surface area contributed by atoms with E-state index in [-0.39, 0.29) is 6.10 Å². The van der Waals surface area contributed by atoms with Crippen LogP contribution in [0.15, 0.2) is 24.4 Å². The molecule has 0 saturated carbocycles. The summed E-state index contributed by atoms with van der Waals surface area (Å²) < 4.78 is 7.98. The van der Waals surface area contributed by atoms with Crippen LogP contribution in [0, 0.1) is 13.8 Å². The van der Waals surface area contributed by atoms with Gasteiger partial charge in [-0.05, 0) is 31.9 Å². The molecule has 2 N–H and O–H groups in total. The average molecular weight is 325 g/mol. The van der Waals surface area contributed by atoms with Gasteiger partial charge in [-0.15, -0.1) is 0 Å². The van der Waals surface area contributed by atoms with Crippen LogP contribution in [0.1, 0.15) is 35.0 Å². The van der Waals surface area contributed by atoms with Crippen LogP contribution >= 0.6 is 0 Å².